The summed E-state index contributed by atoms with van der Waals surface area (Å²) in [5, 5.41) is 13.9. The number of hydrogen-bond donors (Lipinski definition) is 2. The van der Waals surface area contributed by atoms with Gasteiger partial charge >= 0.3 is 0 Å². The van der Waals surface area contributed by atoms with Gasteiger partial charge in [-0.15, -0.1) is 0 Å². The minimum Gasteiger partial charge on any atom is -0.489 e. The van der Waals surface area contributed by atoms with Crippen LogP contribution in [-0.2, 0) is 4.74 Å². The average Bonchev–Trinajstić information content (AvgIpc) is 2.52. The fourth-order valence-corrected chi connectivity index (χ4v) is 2.70. The van der Waals surface area contributed by atoms with Crippen molar-refractivity contribution in [3.8, 4) is 5.75 Å². The van der Waals surface area contributed by atoms with Crippen molar-refractivity contribution in [2.24, 2.45) is 5.92 Å². The van der Waals surface area contributed by atoms with Crippen LogP contribution in [0, 0.1) is 5.92 Å². The van der Waals surface area contributed by atoms with E-state index in [4.69, 9.17) is 21.1 Å². The fourth-order valence-electron chi connectivity index (χ4n) is 2.51. The van der Waals surface area contributed by atoms with E-state index < -0.39 is 6.10 Å². The van der Waals surface area contributed by atoms with Crippen molar-refractivity contribution in [2.75, 3.05) is 26.4 Å². The zero-order chi connectivity index (χ0) is 15.1. The Kier molecular flexibility index (Phi) is 6.77. The van der Waals surface area contributed by atoms with Gasteiger partial charge in [0, 0.05) is 25.8 Å². The maximum Gasteiger partial charge on any atom is 0.138 e. The standard InChI is InChI=1S/C16H24ClNO3/c1-12(13-6-8-20-9-7-13)18-10-14(19)11-21-16-5-3-2-4-15(16)17/h2-5,12-14,18-19H,6-11H2,1H3. The summed E-state index contributed by atoms with van der Waals surface area (Å²) < 4.78 is 10.9. The molecule has 1 fully saturated rings. The number of benzene rings is 1. The maximum absolute atomic E-state index is 9.99. The number of nitrogens with one attached hydrogen (secondary N) is 1. The number of rotatable bonds is 7. The van der Waals surface area contributed by atoms with Gasteiger partial charge in [0.1, 0.15) is 18.5 Å². The van der Waals surface area contributed by atoms with Crippen molar-refractivity contribution >= 4 is 11.6 Å². The summed E-state index contributed by atoms with van der Waals surface area (Å²) in [4.78, 5) is 0. The maximum atomic E-state index is 9.99. The zero-order valence-electron chi connectivity index (χ0n) is 12.4. The molecule has 0 spiro atoms. The van der Waals surface area contributed by atoms with E-state index in [2.05, 4.69) is 12.2 Å². The molecule has 1 heterocycles. The molecule has 0 radical (unpaired) electrons. The number of halogens is 1. The van der Waals surface area contributed by atoms with Crippen molar-refractivity contribution in [2.45, 2.75) is 31.9 Å². The van der Waals surface area contributed by atoms with Crippen molar-refractivity contribution in [3.63, 3.8) is 0 Å². The average molecular weight is 314 g/mol. The van der Waals surface area contributed by atoms with Crippen LogP contribution in [0.3, 0.4) is 0 Å². The molecule has 5 heteroatoms. The minimum absolute atomic E-state index is 0.233. The Labute approximate surface area is 131 Å². The third-order valence-electron chi connectivity index (χ3n) is 3.92. The van der Waals surface area contributed by atoms with E-state index in [1.807, 2.05) is 12.1 Å². The van der Waals surface area contributed by atoms with Crippen molar-refractivity contribution in [3.05, 3.63) is 29.3 Å². The SMILES string of the molecule is CC(NCC(O)COc1ccccc1Cl)C1CCOCC1. The van der Waals surface area contributed by atoms with Crippen LogP contribution in [0.2, 0.25) is 5.02 Å². The molecular formula is C16H24ClNO3. The highest BCUT2D eigenvalue weighted by Crippen LogP contribution is 2.23. The highest BCUT2D eigenvalue weighted by Gasteiger charge is 2.20. The van der Waals surface area contributed by atoms with Crippen LogP contribution in [0.5, 0.6) is 5.75 Å². The number of ether oxygens (including phenoxy) is 2. The molecule has 1 aliphatic heterocycles. The lowest BCUT2D eigenvalue weighted by Gasteiger charge is -2.29. The first-order valence-electron chi connectivity index (χ1n) is 7.53. The molecule has 118 valence electrons. The molecule has 1 aromatic rings. The van der Waals surface area contributed by atoms with Crippen molar-refractivity contribution < 1.29 is 14.6 Å². The first kappa shape index (κ1) is 16.6. The molecule has 0 amide bonds. The third-order valence-corrected chi connectivity index (χ3v) is 4.23. The summed E-state index contributed by atoms with van der Waals surface area (Å²) in [5.41, 5.74) is 0. The van der Waals surface area contributed by atoms with Gasteiger partial charge in [-0.25, -0.2) is 0 Å². The third kappa shape index (κ3) is 5.47. The van der Waals surface area contributed by atoms with Crippen LogP contribution in [0.1, 0.15) is 19.8 Å². The van der Waals surface area contributed by atoms with E-state index in [1.165, 1.54) is 0 Å². The van der Waals surface area contributed by atoms with E-state index in [1.54, 1.807) is 12.1 Å². The lowest BCUT2D eigenvalue weighted by atomic mass is 9.93. The lowest BCUT2D eigenvalue weighted by molar-refractivity contribution is 0.0513. The van der Waals surface area contributed by atoms with Gasteiger partial charge in [-0.2, -0.15) is 0 Å². The largest absolute Gasteiger partial charge is 0.489 e. The van der Waals surface area contributed by atoms with Gasteiger partial charge in [-0.1, -0.05) is 23.7 Å². The molecule has 0 bridgehead atoms. The second-order valence-electron chi connectivity index (χ2n) is 5.54. The van der Waals surface area contributed by atoms with E-state index >= 15 is 0 Å². The molecule has 2 rings (SSSR count). The quantitative estimate of drug-likeness (QED) is 0.812. The van der Waals surface area contributed by atoms with Crippen LogP contribution < -0.4 is 10.1 Å². The molecule has 21 heavy (non-hydrogen) atoms. The van der Waals surface area contributed by atoms with Gasteiger partial charge in [0.05, 0.1) is 5.02 Å². The molecule has 0 saturated carbocycles. The van der Waals surface area contributed by atoms with Crippen LogP contribution in [0.15, 0.2) is 24.3 Å². The van der Waals surface area contributed by atoms with Crippen LogP contribution in [0.25, 0.3) is 0 Å². The number of para-hydroxylation sites is 1. The zero-order valence-corrected chi connectivity index (χ0v) is 13.2. The van der Waals surface area contributed by atoms with Gasteiger partial charge in [0.15, 0.2) is 0 Å². The Morgan fingerprint density at radius 2 is 2.10 bits per heavy atom. The van der Waals surface area contributed by atoms with E-state index in [0.29, 0.717) is 29.3 Å². The van der Waals surface area contributed by atoms with Crippen molar-refractivity contribution in [1.82, 2.24) is 5.32 Å². The van der Waals surface area contributed by atoms with Crippen molar-refractivity contribution in [1.29, 1.82) is 0 Å². The molecule has 0 aliphatic carbocycles. The monoisotopic (exact) mass is 313 g/mol. The molecule has 2 unspecified atom stereocenters. The van der Waals surface area contributed by atoms with Gasteiger partial charge < -0.3 is 19.9 Å². The fraction of sp³-hybridized carbons (Fsp3) is 0.625. The molecule has 1 aromatic carbocycles. The molecule has 4 nitrogen and oxygen atoms in total. The van der Waals surface area contributed by atoms with E-state index in [-0.39, 0.29) is 6.61 Å². The summed E-state index contributed by atoms with van der Waals surface area (Å²) in [7, 11) is 0. The highest BCUT2D eigenvalue weighted by atomic mass is 35.5. The van der Waals surface area contributed by atoms with Gasteiger partial charge in [0.2, 0.25) is 0 Å². The Morgan fingerprint density at radius 1 is 1.38 bits per heavy atom. The Bertz CT molecular complexity index is 424. The normalized spacial score (nSPS) is 19.2. The lowest BCUT2D eigenvalue weighted by Crippen LogP contribution is -2.41. The summed E-state index contributed by atoms with van der Waals surface area (Å²) in [6.07, 6.45) is 1.62. The van der Waals surface area contributed by atoms with Gasteiger partial charge in [-0.05, 0) is 37.8 Å². The highest BCUT2D eigenvalue weighted by molar-refractivity contribution is 6.32. The molecule has 1 aliphatic rings. The molecule has 2 atom stereocenters. The molecular weight excluding hydrogens is 290 g/mol. The van der Waals surface area contributed by atoms with Gasteiger partial charge in [-0.3, -0.25) is 0 Å². The second-order valence-corrected chi connectivity index (χ2v) is 5.95. The Morgan fingerprint density at radius 3 is 2.81 bits per heavy atom. The predicted molar refractivity (Wildman–Crippen MR) is 84.0 cm³/mol. The minimum atomic E-state index is -0.552. The first-order chi connectivity index (χ1) is 10.2. The summed E-state index contributed by atoms with van der Waals surface area (Å²) in [6.45, 7) is 4.60. The smallest absolute Gasteiger partial charge is 0.138 e. The summed E-state index contributed by atoms with van der Waals surface area (Å²) in [5.74, 6) is 1.23. The topological polar surface area (TPSA) is 50.7 Å². The van der Waals surface area contributed by atoms with Crippen LogP contribution in [0.4, 0.5) is 0 Å². The first-order valence-corrected chi connectivity index (χ1v) is 7.91. The van der Waals surface area contributed by atoms with Gasteiger partial charge in [0.25, 0.3) is 0 Å². The number of aliphatic hydroxyl groups is 1. The molecule has 1 saturated heterocycles. The number of aliphatic hydroxyl groups excluding tert-OH is 1. The molecule has 0 aromatic heterocycles. The predicted octanol–water partition coefficient (Wildman–Crippen LogP) is 2.48. The summed E-state index contributed by atoms with van der Waals surface area (Å²) in [6, 6.07) is 7.66. The van der Waals surface area contributed by atoms with Crippen LogP contribution in [-0.4, -0.2) is 43.6 Å². The Hall–Kier alpha value is -0.810. The van der Waals surface area contributed by atoms with E-state index in [0.717, 1.165) is 26.1 Å². The van der Waals surface area contributed by atoms with E-state index in [9.17, 15) is 5.11 Å². The molecule has 2 N–H and O–H groups in total. The Balaban J connectivity index is 1.67. The van der Waals surface area contributed by atoms with Crippen LogP contribution >= 0.6 is 11.6 Å². The number of hydrogen-bond acceptors (Lipinski definition) is 4. The summed E-state index contributed by atoms with van der Waals surface area (Å²) >= 11 is 6.00. The second kappa shape index (κ2) is 8.59.